The lowest BCUT2D eigenvalue weighted by Gasteiger charge is -2.22. The van der Waals surface area contributed by atoms with Crippen LogP contribution in [-0.4, -0.2) is 7.05 Å². The molecule has 19 heavy (non-hydrogen) atoms. The summed E-state index contributed by atoms with van der Waals surface area (Å²) in [5.41, 5.74) is 10.6. The Balaban J connectivity index is 2.33. The first-order valence-corrected chi connectivity index (χ1v) is 7.14. The summed E-state index contributed by atoms with van der Waals surface area (Å²) in [6, 6.07) is 14.8. The van der Waals surface area contributed by atoms with E-state index in [4.69, 9.17) is 5.73 Å². The van der Waals surface area contributed by atoms with Crippen molar-refractivity contribution in [3.8, 4) is 0 Å². The van der Waals surface area contributed by atoms with E-state index in [1.165, 1.54) is 11.3 Å². The number of nitrogens with two attached hydrogens (primary N) is 1. The molecule has 0 bridgehead atoms. The molecule has 0 spiro atoms. The summed E-state index contributed by atoms with van der Waals surface area (Å²) in [5, 5.41) is 0. The summed E-state index contributed by atoms with van der Waals surface area (Å²) in [4.78, 5) is 2.16. The molecule has 0 radical (unpaired) electrons. The predicted octanol–water partition coefficient (Wildman–Crippen LogP) is 4.55. The number of aryl methyl sites for hydroxylation is 1. The van der Waals surface area contributed by atoms with Crippen LogP contribution in [0.15, 0.2) is 46.9 Å². The van der Waals surface area contributed by atoms with Gasteiger partial charge in [0.2, 0.25) is 0 Å². The van der Waals surface area contributed by atoms with Crippen molar-refractivity contribution in [2.75, 3.05) is 11.9 Å². The Morgan fingerprint density at radius 2 is 1.74 bits per heavy atom. The average molecular weight is 319 g/mol. The van der Waals surface area contributed by atoms with Gasteiger partial charge in [0, 0.05) is 23.2 Å². The minimum absolute atomic E-state index is 0.0510. The normalized spacial score (nSPS) is 12.3. The van der Waals surface area contributed by atoms with E-state index in [0.717, 1.165) is 15.7 Å². The Kier molecular flexibility index (Phi) is 4.27. The third-order valence-corrected chi connectivity index (χ3v) is 3.92. The van der Waals surface area contributed by atoms with Crippen LogP contribution < -0.4 is 10.6 Å². The van der Waals surface area contributed by atoms with Gasteiger partial charge in [-0.2, -0.15) is 0 Å². The summed E-state index contributed by atoms with van der Waals surface area (Å²) < 4.78 is 1.06. The molecule has 0 saturated carbocycles. The number of rotatable bonds is 3. The fourth-order valence-corrected chi connectivity index (χ4v) is 2.65. The topological polar surface area (TPSA) is 29.3 Å². The minimum atomic E-state index is 0.0510. The van der Waals surface area contributed by atoms with Crippen LogP contribution in [-0.2, 0) is 0 Å². The predicted molar refractivity (Wildman–Crippen MR) is 86.0 cm³/mol. The van der Waals surface area contributed by atoms with Gasteiger partial charge >= 0.3 is 0 Å². The van der Waals surface area contributed by atoms with E-state index in [0.29, 0.717) is 0 Å². The number of anilines is 2. The number of nitrogens with zero attached hydrogens (tertiary/aromatic N) is 1. The van der Waals surface area contributed by atoms with E-state index in [2.05, 4.69) is 77.3 Å². The molecule has 1 atom stereocenters. The Morgan fingerprint density at radius 3 is 2.26 bits per heavy atom. The van der Waals surface area contributed by atoms with Gasteiger partial charge in [-0.1, -0.05) is 23.8 Å². The SMILES string of the molecule is Cc1ccc(N(C)c2ccc([C@H](C)N)cc2Br)cc1. The third kappa shape index (κ3) is 3.17. The summed E-state index contributed by atoms with van der Waals surface area (Å²) in [6.07, 6.45) is 0. The van der Waals surface area contributed by atoms with E-state index in [1.54, 1.807) is 0 Å². The fourth-order valence-electron chi connectivity index (χ4n) is 1.99. The van der Waals surface area contributed by atoms with E-state index >= 15 is 0 Å². The van der Waals surface area contributed by atoms with Crippen molar-refractivity contribution >= 4 is 27.3 Å². The first-order chi connectivity index (χ1) is 8.99. The van der Waals surface area contributed by atoms with Crippen molar-refractivity contribution in [3.63, 3.8) is 0 Å². The van der Waals surface area contributed by atoms with Crippen molar-refractivity contribution < 1.29 is 0 Å². The van der Waals surface area contributed by atoms with Crippen LogP contribution in [0.5, 0.6) is 0 Å². The van der Waals surface area contributed by atoms with Gasteiger partial charge in [-0.05, 0) is 59.6 Å². The van der Waals surface area contributed by atoms with Crippen LogP contribution in [0.3, 0.4) is 0 Å². The standard InChI is InChI=1S/C16H19BrN2/c1-11-4-7-14(8-5-11)19(3)16-9-6-13(12(2)18)10-15(16)17/h4-10,12H,18H2,1-3H3/t12-/m0/s1. The summed E-state index contributed by atoms with van der Waals surface area (Å²) in [6.45, 7) is 4.09. The van der Waals surface area contributed by atoms with Crippen molar-refractivity contribution in [1.29, 1.82) is 0 Å². The maximum absolute atomic E-state index is 5.90. The average Bonchev–Trinajstić information content (AvgIpc) is 2.38. The first kappa shape index (κ1) is 14.1. The minimum Gasteiger partial charge on any atom is -0.344 e. The van der Waals surface area contributed by atoms with Gasteiger partial charge in [0.15, 0.2) is 0 Å². The van der Waals surface area contributed by atoms with Crippen LogP contribution in [0.4, 0.5) is 11.4 Å². The molecule has 0 heterocycles. The molecule has 0 aromatic heterocycles. The number of halogens is 1. The number of hydrogen-bond donors (Lipinski definition) is 1. The highest BCUT2D eigenvalue weighted by Crippen LogP contribution is 2.32. The molecular weight excluding hydrogens is 300 g/mol. The largest absolute Gasteiger partial charge is 0.344 e. The molecule has 100 valence electrons. The lowest BCUT2D eigenvalue weighted by Crippen LogP contribution is -2.11. The van der Waals surface area contributed by atoms with Crippen molar-refractivity contribution in [2.24, 2.45) is 5.73 Å². The lowest BCUT2D eigenvalue weighted by molar-refractivity contribution is 0.817. The maximum atomic E-state index is 5.90. The molecule has 0 unspecified atom stereocenters. The Hall–Kier alpha value is -1.32. The van der Waals surface area contributed by atoms with E-state index in [1.807, 2.05) is 6.92 Å². The van der Waals surface area contributed by atoms with Crippen LogP contribution in [0.2, 0.25) is 0 Å². The smallest absolute Gasteiger partial charge is 0.0552 e. The van der Waals surface area contributed by atoms with Crippen molar-refractivity contribution in [1.82, 2.24) is 0 Å². The quantitative estimate of drug-likeness (QED) is 0.899. The lowest BCUT2D eigenvalue weighted by atomic mass is 10.1. The molecule has 0 fully saturated rings. The van der Waals surface area contributed by atoms with E-state index < -0.39 is 0 Å². The number of hydrogen-bond acceptors (Lipinski definition) is 2. The monoisotopic (exact) mass is 318 g/mol. The van der Waals surface area contributed by atoms with Crippen LogP contribution in [0.1, 0.15) is 24.1 Å². The van der Waals surface area contributed by atoms with Gasteiger partial charge in [0.25, 0.3) is 0 Å². The molecule has 2 aromatic carbocycles. The second-order valence-electron chi connectivity index (χ2n) is 4.89. The van der Waals surface area contributed by atoms with E-state index in [-0.39, 0.29) is 6.04 Å². The highest BCUT2D eigenvalue weighted by Gasteiger charge is 2.09. The second-order valence-corrected chi connectivity index (χ2v) is 5.75. The molecule has 3 heteroatoms. The highest BCUT2D eigenvalue weighted by molar-refractivity contribution is 9.10. The van der Waals surface area contributed by atoms with Gasteiger partial charge in [-0.25, -0.2) is 0 Å². The molecule has 2 nitrogen and oxygen atoms in total. The van der Waals surface area contributed by atoms with Crippen molar-refractivity contribution in [3.05, 3.63) is 58.1 Å². The second kappa shape index (κ2) is 5.76. The molecule has 0 saturated heterocycles. The van der Waals surface area contributed by atoms with Gasteiger partial charge in [0.05, 0.1) is 5.69 Å². The summed E-state index contributed by atoms with van der Waals surface area (Å²) >= 11 is 3.63. The first-order valence-electron chi connectivity index (χ1n) is 6.34. The van der Waals surface area contributed by atoms with Crippen LogP contribution >= 0.6 is 15.9 Å². The third-order valence-electron chi connectivity index (χ3n) is 3.28. The molecular formula is C16H19BrN2. The maximum Gasteiger partial charge on any atom is 0.0552 e. The Bertz CT molecular complexity index is 561. The molecule has 2 rings (SSSR count). The Labute approximate surface area is 123 Å². The zero-order valence-electron chi connectivity index (χ0n) is 11.5. The molecule has 2 aromatic rings. The zero-order chi connectivity index (χ0) is 14.0. The molecule has 0 aliphatic carbocycles. The van der Waals surface area contributed by atoms with E-state index in [9.17, 15) is 0 Å². The molecule has 0 aliphatic heterocycles. The van der Waals surface area contributed by atoms with Crippen molar-refractivity contribution in [2.45, 2.75) is 19.9 Å². The molecule has 0 amide bonds. The van der Waals surface area contributed by atoms with Crippen LogP contribution in [0, 0.1) is 6.92 Å². The zero-order valence-corrected chi connectivity index (χ0v) is 13.1. The highest BCUT2D eigenvalue weighted by atomic mass is 79.9. The number of benzene rings is 2. The van der Waals surface area contributed by atoms with Gasteiger partial charge < -0.3 is 10.6 Å². The van der Waals surface area contributed by atoms with Crippen LogP contribution in [0.25, 0.3) is 0 Å². The molecule has 2 N–H and O–H groups in total. The summed E-state index contributed by atoms with van der Waals surface area (Å²) in [5.74, 6) is 0. The van der Waals surface area contributed by atoms with Gasteiger partial charge in [-0.15, -0.1) is 0 Å². The summed E-state index contributed by atoms with van der Waals surface area (Å²) in [7, 11) is 2.07. The van der Waals surface area contributed by atoms with Gasteiger partial charge in [-0.3, -0.25) is 0 Å². The van der Waals surface area contributed by atoms with Gasteiger partial charge in [0.1, 0.15) is 0 Å². The molecule has 0 aliphatic rings. The fraction of sp³-hybridized carbons (Fsp3) is 0.250. The Morgan fingerprint density at radius 1 is 1.11 bits per heavy atom.